The van der Waals surface area contributed by atoms with Crippen LogP contribution in [-0.2, 0) is 20.8 Å². The first-order valence-electron chi connectivity index (χ1n) is 8.85. The Balaban J connectivity index is 1.68. The predicted molar refractivity (Wildman–Crippen MR) is 105 cm³/mol. The van der Waals surface area contributed by atoms with Crippen molar-refractivity contribution in [1.29, 1.82) is 0 Å². The summed E-state index contributed by atoms with van der Waals surface area (Å²) in [6, 6.07) is 9.51. The normalized spacial score (nSPS) is 12.8. The number of rotatable bonds is 8. The van der Waals surface area contributed by atoms with Gasteiger partial charge in [0.25, 0.3) is 15.7 Å². The molecular weight excluding hydrogens is 398 g/mol. The van der Waals surface area contributed by atoms with Gasteiger partial charge in [0, 0.05) is 12.6 Å². The number of nitrogens with zero attached hydrogens (tertiary/aromatic N) is 3. The Kier molecular flexibility index (Phi) is 6.26. The number of methoxy groups -OCH3 is 1. The van der Waals surface area contributed by atoms with E-state index in [0.29, 0.717) is 17.0 Å². The van der Waals surface area contributed by atoms with Crippen LogP contribution in [0.2, 0.25) is 0 Å². The molecule has 9 nitrogen and oxygen atoms in total. The molecule has 0 aliphatic rings. The van der Waals surface area contributed by atoms with E-state index < -0.39 is 28.4 Å². The van der Waals surface area contributed by atoms with Crippen LogP contribution in [0.1, 0.15) is 12.0 Å². The van der Waals surface area contributed by atoms with Crippen molar-refractivity contribution in [2.24, 2.45) is 0 Å². The number of pyridine rings is 1. The van der Waals surface area contributed by atoms with Crippen LogP contribution in [0.25, 0.3) is 11.2 Å². The van der Waals surface area contributed by atoms with Gasteiger partial charge in [-0.3, -0.25) is 13.5 Å². The number of ether oxygens (including phenoxy) is 1. The summed E-state index contributed by atoms with van der Waals surface area (Å²) >= 11 is 0. The number of aromatic nitrogens is 3. The van der Waals surface area contributed by atoms with Crippen LogP contribution >= 0.6 is 0 Å². The van der Waals surface area contributed by atoms with Gasteiger partial charge in [-0.1, -0.05) is 17.7 Å². The van der Waals surface area contributed by atoms with E-state index in [0.717, 1.165) is 5.56 Å². The van der Waals surface area contributed by atoms with Gasteiger partial charge in [-0.15, -0.1) is 0 Å². The van der Waals surface area contributed by atoms with Crippen molar-refractivity contribution in [1.82, 2.24) is 14.5 Å². The third kappa shape index (κ3) is 4.97. The molecule has 0 radical (unpaired) electrons. The molecule has 0 spiro atoms. The third-order valence-electron chi connectivity index (χ3n) is 4.29. The van der Waals surface area contributed by atoms with Gasteiger partial charge in [-0.2, -0.15) is 13.4 Å². The van der Waals surface area contributed by atoms with Crippen molar-refractivity contribution in [2.45, 2.75) is 30.9 Å². The summed E-state index contributed by atoms with van der Waals surface area (Å²) in [5, 5.41) is 10.2. The minimum absolute atomic E-state index is 0.0166. The molecule has 10 heteroatoms. The van der Waals surface area contributed by atoms with Crippen molar-refractivity contribution >= 4 is 21.3 Å². The highest BCUT2D eigenvalue weighted by Crippen LogP contribution is 2.15. The van der Waals surface area contributed by atoms with Gasteiger partial charge in [-0.25, -0.2) is 4.98 Å². The molecule has 2 aromatic heterocycles. The highest BCUT2D eigenvalue weighted by molar-refractivity contribution is 7.86. The minimum Gasteiger partial charge on any atom is -0.481 e. The summed E-state index contributed by atoms with van der Waals surface area (Å²) < 4.78 is 35.8. The van der Waals surface area contributed by atoms with E-state index in [9.17, 15) is 18.3 Å². The van der Waals surface area contributed by atoms with E-state index in [1.165, 1.54) is 30.0 Å². The van der Waals surface area contributed by atoms with E-state index in [2.05, 4.69) is 9.97 Å². The standard InChI is InChI=1S/C19H21N3O6S/c1-13-3-5-15(6-4-13)29(25,26)28-12-14(23)9-10-22-18(24)11-20-16-7-8-17(27-2)21-19(16)22/h3-8,11,14,23H,9-10,12H2,1-2H3/t14-/m0/s1. The summed E-state index contributed by atoms with van der Waals surface area (Å²) in [5.74, 6) is 0.326. The lowest BCUT2D eigenvalue weighted by Crippen LogP contribution is -2.26. The molecular formula is C19H21N3O6S. The average Bonchev–Trinajstić information content (AvgIpc) is 2.71. The zero-order valence-corrected chi connectivity index (χ0v) is 16.8. The summed E-state index contributed by atoms with van der Waals surface area (Å²) in [7, 11) is -2.51. The first-order valence-corrected chi connectivity index (χ1v) is 10.3. The molecule has 0 aliphatic heterocycles. The SMILES string of the molecule is COc1ccc2ncc(=O)n(CC[C@H](O)COS(=O)(=O)c3ccc(C)cc3)c2n1. The van der Waals surface area contributed by atoms with E-state index in [1.54, 1.807) is 24.3 Å². The number of hydrogen-bond donors (Lipinski definition) is 1. The molecule has 0 saturated carbocycles. The summed E-state index contributed by atoms with van der Waals surface area (Å²) in [4.78, 5) is 20.5. The molecule has 0 bridgehead atoms. The van der Waals surface area contributed by atoms with Gasteiger partial charge in [0.15, 0.2) is 5.65 Å². The quantitative estimate of drug-likeness (QED) is 0.542. The monoisotopic (exact) mass is 419 g/mol. The van der Waals surface area contributed by atoms with Crippen molar-refractivity contribution in [3.63, 3.8) is 0 Å². The zero-order chi connectivity index (χ0) is 21.0. The second-order valence-corrected chi connectivity index (χ2v) is 8.05. The van der Waals surface area contributed by atoms with Crippen LogP contribution in [0.4, 0.5) is 0 Å². The topological polar surface area (TPSA) is 121 Å². The maximum atomic E-state index is 12.2. The molecule has 2 heterocycles. The summed E-state index contributed by atoms with van der Waals surface area (Å²) in [6.07, 6.45) is 0.152. The molecule has 1 atom stereocenters. The van der Waals surface area contributed by atoms with Gasteiger partial charge >= 0.3 is 0 Å². The molecule has 3 aromatic rings. The Hall–Kier alpha value is -2.82. The molecule has 1 N–H and O–H groups in total. The van der Waals surface area contributed by atoms with Crippen molar-refractivity contribution in [3.05, 3.63) is 58.5 Å². The predicted octanol–water partition coefficient (Wildman–Crippen LogP) is 1.27. The minimum atomic E-state index is -3.97. The van der Waals surface area contributed by atoms with E-state index in [4.69, 9.17) is 8.92 Å². The fraction of sp³-hybridized carbons (Fsp3) is 0.316. The number of aliphatic hydroxyl groups is 1. The number of hydrogen-bond acceptors (Lipinski definition) is 8. The lowest BCUT2D eigenvalue weighted by atomic mass is 10.2. The molecule has 29 heavy (non-hydrogen) atoms. The van der Waals surface area contributed by atoms with Crippen LogP contribution < -0.4 is 10.3 Å². The fourth-order valence-electron chi connectivity index (χ4n) is 2.65. The largest absolute Gasteiger partial charge is 0.481 e. The van der Waals surface area contributed by atoms with Crippen molar-refractivity contribution in [3.8, 4) is 5.88 Å². The van der Waals surface area contributed by atoms with Gasteiger partial charge in [0.05, 0.1) is 30.9 Å². The van der Waals surface area contributed by atoms with Gasteiger partial charge in [-0.05, 0) is 31.5 Å². The molecule has 0 unspecified atom stereocenters. The average molecular weight is 419 g/mol. The maximum Gasteiger partial charge on any atom is 0.297 e. The van der Waals surface area contributed by atoms with Crippen LogP contribution in [0.15, 0.2) is 52.3 Å². The Morgan fingerprint density at radius 1 is 1.17 bits per heavy atom. The lowest BCUT2D eigenvalue weighted by Gasteiger charge is -2.14. The maximum absolute atomic E-state index is 12.2. The third-order valence-corrected chi connectivity index (χ3v) is 5.58. The van der Waals surface area contributed by atoms with Crippen LogP contribution in [-0.4, -0.2) is 47.9 Å². The number of aliphatic hydroxyl groups excluding tert-OH is 1. The van der Waals surface area contributed by atoms with Gasteiger partial charge in [0.2, 0.25) is 5.88 Å². The second kappa shape index (κ2) is 8.68. The molecule has 0 amide bonds. The molecule has 0 aliphatic carbocycles. The molecule has 154 valence electrons. The lowest BCUT2D eigenvalue weighted by molar-refractivity contribution is 0.0989. The van der Waals surface area contributed by atoms with E-state index in [1.807, 2.05) is 6.92 Å². The Morgan fingerprint density at radius 2 is 1.90 bits per heavy atom. The number of fused-ring (bicyclic) bond motifs is 1. The zero-order valence-electron chi connectivity index (χ0n) is 16.0. The Labute approximate surface area is 167 Å². The Morgan fingerprint density at radius 3 is 2.59 bits per heavy atom. The van der Waals surface area contributed by atoms with Gasteiger partial charge in [0.1, 0.15) is 5.52 Å². The first-order chi connectivity index (χ1) is 13.8. The van der Waals surface area contributed by atoms with Crippen LogP contribution in [0.5, 0.6) is 5.88 Å². The number of benzene rings is 1. The molecule has 3 rings (SSSR count). The van der Waals surface area contributed by atoms with Crippen LogP contribution in [0, 0.1) is 6.92 Å². The van der Waals surface area contributed by atoms with E-state index >= 15 is 0 Å². The fourth-order valence-corrected chi connectivity index (χ4v) is 3.60. The van der Waals surface area contributed by atoms with Crippen molar-refractivity contribution < 1.29 is 22.4 Å². The van der Waals surface area contributed by atoms with E-state index in [-0.39, 0.29) is 17.9 Å². The smallest absolute Gasteiger partial charge is 0.297 e. The molecule has 1 aromatic carbocycles. The first kappa shape index (κ1) is 20.9. The summed E-state index contributed by atoms with van der Waals surface area (Å²) in [5.41, 5.74) is 1.35. The molecule has 0 saturated heterocycles. The van der Waals surface area contributed by atoms with Gasteiger partial charge < -0.3 is 9.84 Å². The highest BCUT2D eigenvalue weighted by Gasteiger charge is 2.18. The van der Waals surface area contributed by atoms with Crippen molar-refractivity contribution in [2.75, 3.05) is 13.7 Å². The number of aryl methyl sites for hydroxylation is 2. The Bertz CT molecular complexity index is 1160. The van der Waals surface area contributed by atoms with Crippen LogP contribution in [0.3, 0.4) is 0 Å². The highest BCUT2D eigenvalue weighted by atomic mass is 32.2. The summed E-state index contributed by atoms with van der Waals surface area (Å²) in [6.45, 7) is 1.52. The second-order valence-electron chi connectivity index (χ2n) is 6.44. The molecule has 0 fully saturated rings.